The summed E-state index contributed by atoms with van der Waals surface area (Å²) in [6, 6.07) is 10.0. The summed E-state index contributed by atoms with van der Waals surface area (Å²) in [5.74, 6) is 1.11. The third-order valence-corrected chi connectivity index (χ3v) is 4.10. The molecule has 5 nitrogen and oxygen atoms in total. The van der Waals surface area contributed by atoms with Crippen LogP contribution < -0.4 is 4.74 Å². The Morgan fingerprint density at radius 3 is 2.87 bits per heavy atom. The zero-order valence-electron chi connectivity index (χ0n) is 13.1. The topological polar surface area (TPSA) is 62.0 Å². The summed E-state index contributed by atoms with van der Waals surface area (Å²) < 4.78 is 5.74. The van der Waals surface area contributed by atoms with Crippen LogP contribution in [0.4, 0.5) is 0 Å². The average molecular weight is 308 g/mol. The van der Waals surface area contributed by atoms with Crippen molar-refractivity contribution in [1.29, 1.82) is 5.26 Å². The molecular weight excluding hydrogens is 288 g/mol. The highest BCUT2D eigenvalue weighted by Crippen LogP contribution is 2.19. The second-order valence-electron chi connectivity index (χ2n) is 5.91. The van der Waals surface area contributed by atoms with E-state index in [9.17, 15) is 0 Å². The average Bonchev–Trinajstić information content (AvgIpc) is 2.62. The summed E-state index contributed by atoms with van der Waals surface area (Å²) in [7, 11) is 0. The van der Waals surface area contributed by atoms with Gasteiger partial charge in [0.1, 0.15) is 0 Å². The van der Waals surface area contributed by atoms with Gasteiger partial charge in [0.25, 0.3) is 0 Å². The second kappa shape index (κ2) is 7.70. The quantitative estimate of drug-likeness (QED) is 0.849. The third kappa shape index (κ3) is 4.51. The van der Waals surface area contributed by atoms with Gasteiger partial charge in [-0.3, -0.25) is 9.88 Å². The fourth-order valence-corrected chi connectivity index (χ4v) is 2.94. The van der Waals surface area contributed by atoms with E-state index < -0.39 is 0 Å². The maximum absolute atomic E-state index is 8.85. The Morgan fingerprint density at radius 1 is 1.26 bits per heavy atom. The van der Waals surface area contributed by atoms with Crippen LogP contribution in [0.5, 0.6) is 5.88 Å². The van der Waals surface area contributed by atoms with Crippen molar-refractivity contribution in [3.63, 3.8) is 0 Å². The number of nitriles is 1. The molecule has 5 heteroatoms. The van der Waals surface area contributed by atoms with Crippen molar-refractivity contribution in [2.75, 3.05) is 19.7 Å². The monoisotopic (exact) mass is 308 g/mol. The molecule has 0 N–H and O–H groups in total. The lowest BCUT2D eigenvalue weighted by atomic mass is 9.98. The van der Waals surface area contributed by atoms with E-state index in [-0.39, 0.29) is 0 Å². The SMILES string of the molecule is N#Cc1ccc(CN2CCCC(COc3cnccn3)C2)cc1. The van der Waals surface area contributed by atoms with Crippen LogP contribution in [0.25, 0.3) is 0 Å². The van der Waals surface area contributed by atoms with E-state index in [1.165, 1.54) is 18.4 Å². The fourth-order valence-electron chi connectivity index (χ4n) is 2.94. The number of piperidine rings is 1. The lowest BCUT2D eigenvalue weighted by Gasteiger charge is -2.32. The van der Waals surface area contributed by atoms with Gasteiger partial charge in [-0.25, -0.2) is 4.98 Å². The van der Waals surface area contributed by atoms with Gasteiger partial charge in [0.2, 0.25) is 5.88 Å². The minimum atomic E-state index is 0.518. The molecule has 0 saturated carbocycles. The summed E-state index contributed by atoms with van der Waals surface area (Å²) in [5, 5.41) is 8.85. The highest BCUT2D eigenvalue weighted by Gasteiger charge is 2.20. The Labute approximate surface area is 136 Å². The minimum absolute atomic E-state index is 0.518. The summed E-state index contributed by atoms with van der Waals surface area (Å²) in [6.07, 6.45) is 7.31. The van der Waals surface area contributed by atoms with Crippen LogP contribution >= 0.6 is 0 Å². The second-order valence-corrected chi connectivity index (χ2v) is 5.91. The largest absolute Gasteiger partial charge is 0.476 e. The van der Waals surface area contributed by atoms with E-state index in [0.29, 0.717) is 24.0 Å². The number of ether oxygens (including phenoxy) is 1. The molecule has 1 unspecified atom stereocenters. The van der Waals surface area contributed by atoms with E-state index in [0.717, 1.165) is 19.6 Å². The molecule has 1 saturated heterocycles. The van der Waals surface area contributed by atoms with Gasteiger partial charge in [-0.05, 0) is 37.1 Å². The normalized spacial score (nSPS) is 18.3. The summed E-state index contributed by atoms with van der Waals surface area (Å²) in [5.41, 5.74) is 1.96. The van der Waals surface area contributed by atoms with Crippen molar-refractivity contribution >= 4 is 0 Å². The molecule has 1 aliphatic heterocycles. The molecule has 1 atom stereocenters. The smallest absolute Gasteiger partial charge is 0.232 e. The molecule has 23 heavy (non-hydrogen) atoms. The number of hydrogen-bond donors (Lipinski definition) is 0. The van der Waals surface area contributed by atoms with Gasteiger partial charge in [0.15, 0.2) is 0 Å². The van der Waals surface area contributed by atoms with E-state index >= 15 is 0 Å². The molecule has 1 fully saturated rings. The van der Waals surface area contributed by atoms with Gasteiger partial charge in [0.05, 0.1) is 24.4 Å². The number of likely N-dealkylation sites (tertiary alicyclic amines) is 1. The number of benzene rings is 1. The maximum Gasteiger partial charge on any atom is 0.232 e. The third-order valence-electron chi connectivity index (χ3n) is 4.10. The zero-order chi connectivity index (χ0) is 15.9. The Morgan fingerprint density at radius 2 is 2.13 bits per heavy atom. The van der Waals surface area contributed by atoms with Crippen molar-refractivity contribution in [2.45, 2.75) is 19.4 Å². The van der Waals surface area contributed by atoms with Crippen LogP contribution in [0, 0.1) is 17.2 Å². The van der Waals surface area contributed by atoms with Crippen LogP contribution in [-0.4, -0.2) is 34.6 Å². The van der Waals surface area contributed by atoms with Gasteiger partial charge >= 0.3 is 0 Å². The minimum Gasteiger partial charge on any atom is -0.476 e. The first-order valence-electron chi connectivity index (χ1n) is 7.93. The van der Waals surface area contributed by atoms with Crippen LogP contribution in [0.3, 0.4) is 0 Å². The Kier molecular flexibility index (Phi) is 5.17. The lowest BCUT2D eigenvalue weighted by molar-refractivity contribution is 0.123. The number of nitrogens with zero attached hydrogens (tertiary/aromatic N) is 4. The first-order valence-corrected chi connectivity index (χ1v) is 7.93. The summed E-state index contributed by atoms with van der Waals surface area (Å²) in [6.45, 7) is 3.75. The Bertz CT molecular complexity index is 651. The van der Waals surface area contributed by atoms with Gasteiger partial charge < -0.3 is 4.74 Å². The van der Waals surface area contributed by atoms with Gasteiger partial charge in [0, 0.05) is 31.4 Å². The lowest BCUT2D eigenvalue weighted by Crippen LogP contribution is -2.37. The molecule has 1 aromatic carbocycles. The predicted octanol–water partition coefficient (Wildman–Crippen LogP) is 2.64. The maximum atomic E-state index is 8.85. The van der Waals surface area contributed by atoms with E-state index in [1.807, 2.05) is 24.3 Å². The Balaban J connectivity index is 1.50. The van der Waals surface area contributed by atoms with Crippen molar-refractivity contribution in [3.05, 3.63) is 54.0 Å². The fraction of sp³-hybridized carbons (Fsp3) is 0.389. The summed E-state index contributed by atoms with van der Waals surface area (Å²) in [4.78, 5) is 10.6. The molecule has 1 aliphatic rings. The first-order chi connectivity index (χ1) is 11.3. The number of hydrogen-bond acceptors (Lipinski definition) is 5. The molecule has 2 heterocycles. The van der Waals surface area contributed by atoms with Crippen LogP contribution in [0.15, 0.2) is 42.9 Å². The highest BCUT2D eigenvalue weighted by atomic mass is 16.5. The molecule has 0 radical (unpaired) electrons. The molecular formula is C18H20N4O. The molecule has 2 aromatic rings. The van der Waals surface area contributed by atoms with E-state index in [2.05, 4.69) is 20.9 Å². The zero-order valence-corrected chi connectivity index (χ0v) is 13.1. The van der Waals surface area contributed by atoms with Gasteiger partial charge in [-0.15, -0.1) is 0 Å². The van der Waals surface area contributed by atoms with E-state index in [4.69, 9.17) is 10.00 Å². The molecule has 0 aliphatic carbocycles. The number of rotatable bonds is 5. The molecule has 1 aromatic heterocycles. The van der Waals surface area contributed by atoms with Crippen LogP contribution in [0.1, 0.15) is 24.0 Å². The van der Waals surface area contributed by atoms with Gasteiger partial charge in [-0.1, -0.05) is 12.1 Å². The van der Waals surface area contributed by atoms with Gasteiger partial charge in [-0.2, -0.15) is 5.26 Å². The van der Waals surface area contributed by atoms with Crippen molar-refractivity contribution in [2.24, 2.45) is 5.92 Å². The van der Waals surface area contributed by atoms with Crippen molar-refractivity contribution < 1.29 is 4.74 Å². The van der Waals surface area contributed by atoms with E-state index in [1.54, 1.807) is 18.6 Å². The Hall–Kier alpha value is -2.45. The standard InChI is InChI=1S/C18H20N4O/c19-10-15-3-5-16(6-4-15)12-22-9-1-2-17(13-22)14-23-18-11-20-7-8-21-18/h3-8,11,17H,1-2,9,12-14H2. The molecule has 3 rings (SSSR count). The molecule has 0 spiro atoms. The number of aromatic nitrogens is 2. The molecule has 118 valence electrons. The highest BCUT2D eigenvalue weighted by molar-refractivity contribution is 5.31. The van der Waals surface area contributed by atoms with Crippen LogP contribution in [0.2, 0.25) is 0 Å². The molecule has 0 bridgehead atoms. The first kappa shape index (κ1) is 15.4. The van der Waals surface area contributed by atoms with Crippen LogP contribution in [-0.2, 0) is 6.54 Å². The molecule has 0 amide bonds. The van der Waals surface area contributed by atoms with Crippen molar-refractivity contribution in [3.8, 4) is 11.9 Å². The predicted molar refractivity (Wildman–Crippen MR) is 86.7 cm³/mol. The summed E-state index contributed by atoms with van der Waals surface area (Å²) >= 11 is 0. The van der Waals surface area contributed by atoms with Crippen molar-refractivity contribution in [1.82, 2.24) is 14.9 Å².